The molecule has 0 aliphatic carbocycles. The Balaban J connectivity index is 1.98. The van der Waals surface area contributed by atoms with Crippen LogP contribution < -0.4 is 20.6 Å². The second-order valence-corrected chi connectivity index (χ2v) is 6.62. The number of hydroxylamine groups is 1. The number of H-pyrrole nitrogens is 1. The van der Waals surface area contributed by atoms with Crippen LogP contribution >= 0.6 is 0 Å². The van der Waals surface area contributed by atoms with Gasteiger partial charge in [0.2, 0.25) is 0 Å². The second-order valence-electron chi connectivity index (χ2n) is 6.62. The van der Waals surface area contributed by atoms with Crippen molar-refractivity contribution >= 4 is 17.1 Å². The molecule has 0 atom stereocenters. The van der Waals surface area contributed by atoms with Crippen molar-refractivity contribution in [2.45, 2.75) is 6.92 Å². The maximum Gasteiger partial charge on any atom is 0.332 e. The van der Waals surface area contributed by atoms with Gasteiger partial charge < -0.3 is 14.5 Å². The van der Waals surface area contributed by atoms with Crippen molar-refractivity contribution in [2.24, 2.45) is 0 Å². The first-order chi connectivity index (χ1) is 15.6. The van der Waals surface area contributed by atoms with Crippen LogP contribution in [0.25, 0.3) is 28.2 Å². The number of amides is 1. The fourth-order valence-electron chi connectivity index (χ4n) is 3.32. The minimum Gasteiger partial charge on any atom is -0.495 e. The number of para-hydroxylation sites is 2. The van der Waals surface area contributed by atoms with Crippen LogP contribution in [0.5, 0.6) is 11.5 Å². The van der Waals surface area contributed by atoms with Gasteiger partial charge in [-0.05, 0) is 43.3 Å². The smallest absolute Gasteiger partial charge is 0.332 e. The fraction of sp³-hybridized carbons (Fsp3) is 0.182. The van der Waals surface area contributed by atoms with Gasteiger partial charge >= 0.3 is 5.69 Å². The van der Waals surface area contributed by atoms with E-state index in [2.05, 4.69) is 20.4 Å². The maximum atomic E-state index is 12.9. The molecule has 0 saturated carbocycles. The van der Waals surface area contributed by atoms with Gasteiger partial charge in [-0.2, -0.15) is 0 Å². The van der Waals surface area contributed by atoms with Crippen LogP contribution in [0, 0.1) is 0 Å². The molecule has 2 aromatic carbocycles. The van der Waals surface area contributed by atoms with Gasteiger partial charge in [-0.15, -0.1) is 0 Å². The molecule has 0 radical (unpaired) electrons. The van der Waals surface area contributed by atoms with Crippen molar-refractivity contribution in [2.75, 3.05) is 20.8 Å². The van der Waals surface area contributed by atoms with Gasteiger partial charge in [-0.3, -0.25) is 9.63 Å². The third-order valence-electron chi connectivity index (χ3n) is 4.70. The van der Waals surface area contributed by atoms with Crippen LogP contribution in [0.2, 0.25) is 0 Å². The average molecular weight is 435 g/mol. The molecule has 10 nitrogen and oxygen atoms in total. The number of hydrogen-bond acceptors (Lipinski definition) is 7. The molecule has 0 aliphatic heterocycles. The maximum absolute atomic E-state index is 12.9. The first-order valence-corrected chi connectivity index (χ1v) is 9.80. The summed E-state index contributed by atoms with van der Waals surface area (Å²) >= 11 is 0. The number of ether oxygens (including phenoxy) is 2. The highest BCUT2D eigenvalue weighted by Gasteiger charge is 2.23. The van der Waals surface area contributed by atoms with E-state index in [0.29, 0.717) is 29.4 Å². The predicted octanol–water partition coefficient (Wildman–Crippen LogP) is 2.47. The van der Waals surface area contributed by atoms with Crippen molar-refractivity contribution in [3.8, 4) is 28.6 Å². The fourth-order valence-corrected chi connectivity index (χ4v) is 3.32. The number of imidazole rings is 1. The molecule has 4 aromatic rings. The van der Waals surface area contributed by atoms with E-state index in [1.807, 2.05) is 6.92 Å². The highest BCUT2D eigenvalue weighted by Crippen LogP contribution is 2.27. The van der Waals surface area contributed by atoms with Crippen molar-refractivity contribution in [3.63, 3.8) is 0 Å². The quantitative estimate of drug-likeness (QED) is 0.428. The number of benzene rings is 2. The molecule has 32 heavy (non-hydrogen) atoms. The molecule has 4 rings (SSSR count). The summed E-state index contributed by atoms with van der Waals surface area (Å²) in [5.41, 5.74) is 3.22. The van der Waals surface area contributed by atoms with Gasteiger partial charge in [0.05, 0.1) is 26.5 Å². The summed E-state index contributed by atoms with van der Waals surface area (Å²) in [7, 11) is 2.82. The molecule has 1 amide bonds. The van der Waals surface area contributed by atoms with Crippen LogP contribution in [0.3, 0.4) is 0 Å². The first-order valence-electron chi connectivity index (χ1n) is 9.80. The number of methoxy groups -OCH3 is 1. The van der Waals surface area contributed by atoms with Gasteiger partial charge in [0.1, 0.15) is 17.0 Å². The van der Waals surface area contributed by atoms with Gasteiger partial charge in [-0.25, -0.2) is 24.8 Å². The van der Waals surface area contributed by atoms with E-state index in [-0.39, 0.29) is 22.7 Å². The lowest BCUT2D eigenvalue weighted by Crippen LogP contribution is -2.23. The Labute approximate surface area is 182 Å². The number of aromatic amines is 1. The Bertz CT molecular complexity index is 1330. The van der Waals surface area contributed by atoms with E-state index in [1.54, 1.807) is 48.5 Å². The van der Waals surface area contributed by atoms with E-state index >= 15 is 0 Å². The average Bonchev–Trinajstić information content (AvgIpc) is 3.14. The third kappa shape index (κ3) is 3.79. The number of nitrogens with zero attached hydrogens (tertiary/aromatic N) is 3. The minimum atomic E-state index is -0.625. The Morgan fingerprint density at radius 1 is 1.09 bits per heavy atom. The zero-order chi connectivity index (χ0) is 22.7. The molecule has 0 saturated heterocycles. The summed E-state index contributed by atoms with van der Waals surface area (Å²) in [6, 6.07) is 14.1. The molecule has 2 heterocycles. The van der Waals surface area contributed by atoms with Crippen LogP contribution in [0.1, 0.15) is 17.4 Å². The van der Waals surface area contributed by atoms with Crippen LogP contribution in [0.15, 0.2) is 53.3 Å². The lowest BCUT2D eigenvalue weighted by atomic mass is 10.2. The third-order valence-corrected chi connectivity index (χ3v) is 4.70. The normalized spacial score (nSPS) is 10.8. The van der Waals surface area contributed by atoms with Gasteiger partial charge in [0.25, 0.3) is 5.91 Å². The number of carbonyl (C=O) groups is 1. The zero-order valence-electron chi connectivity index (χ0n) is 17.7. The monoisotopic (exact) mass is 435 g/mol. The molecular weight excluding hydrogens is 414 g/mol. The highest BCUT2D eigenvalue weighted by molar-refractivity contribution is 6.02. The molecular formula is C22H21N5O5. The Kier molecular flexibility index (Phi) is 5.86. The van der Waals surface area contributed by atoms with Crippen LogP contribution in [-0.2, 0) is 4.84 Å². The number of aromatic nitrogens is 4. The largest absolute Gasteiger partial charge is 0.495 e. The van der Waals surface area contributed by atoms with Gasteiger partial charge in [0, 0.05) is 5.56 Å². The summed E-state index contributed by atoms with van der Waals surface area (Å²) in [6.45, 7) is 2.44. The van der Waals surface area contributed by atoms with E-state index < -0.39 is 11.6 Å². The number of fused-ring (bicyclic) bond motifs is 1. The Morgan fingerprint density at radius 2 is 1.84 bits per heavy atom. The number of nitrogens with one attached hydrogen (secondary N) is 2. The molecule has 2 aromatic heterocycles. The van der Waals surface area contributed by atoms with E-state index in [4.69, 9.17) is 14.3 Å². The van der Waals surface area contributed by atoms with Crippen molar-refractivity contribution < 1.29 is 19.1 Å². The number of rotatable bonds is 7. The number of carbonyl (C=O) groups excluding carboxylic acids is 1. The molecule has 0 spiro atoms. The number of hydrogen-bond donors (Lipinski definition) is 2. The predicted molar refractivity (Wildman–Crippen MR) is 117 cm³/mol. The van der Waals surface area contributed by atoms with Crippen LogP contribution in [0.4, 0.5) is 0 Å². The summed E-state index contributed by atoms with van der Waals surface area (Å²) in [5.74, 6) is 0.798. The Morgan fingerprint density at radius 3 is 2.53 bits per heavy atom. The SMILES string of the molecule is CCOc1ccc(-c2nc(C(=O)NOC)c3[nH]c(=O)n(-c4ccccc4OC)c3n2)cc1. The summed E-state index contributed by atoms with van der Waals surface area (Å²) < 4.78 is 12.2. The highest BCUT2D eigenvalue weighted by atomic mass is 16.6. The molecule has 164 valence electrons. The lowest BCUT2D eigenvalue weighted by molar-refractivity contribution is 0.0534. The van der Waals surface area contributed by atoms with E-state index in [1.165, 1.54) is 18.8 Å². The Hall–Kier alpha value is -4.18. The second kappa shape index (κ2) is 8.90. The topological polar surface area (TPSA) is 120 Å². The standard InChI is InChI=1S/C22H21N5O5/c1-4-32-14-11-9-13(10-12-14)19-23-18(21(28)26-31-3)17-20(25-19)27(22(29)24-17)15-7-5-6-8-16(15)30-2/h5-12H,4H2,1-3H3,(H,24,29)(H,26,28). The summed E-state index contributed by atoms with van der Waals surface area (Å²) in [4.78, 5) is 42.0. The van der Waals surface area contributed by atoms with Crippen molar-refractivity contribution in [3.05, 3.63) is 64.7 Å². The van der Waals surface area contributed by atoms with Gasteiger partial charge in [0.15, 0.2) is 17.2 Å². The first kappa shape index (κ1) is 21.1. The molecule has 0 aliphatic rings. The lowest BCUT2D eigenvalue weighted by Gasteiger charge is -2.10. The van der Waals surface area contributed by atoms with E-state index in [9.17, 15) is 9.59 Å². The van der Waals surface area contributed by atoms with Crippen molar-refractivity contribution in [1.82, 2.24) is 25.0 Å². The van der Waals surface area contributed by atoms with Crippen molar-refractivity contribution in [1.29, 1.82) is 0 Å². The summed E-state index contributed by atoms with van der Waals surface area (Å²) in [5, 5.41) is 0. The summed E-state index contributed by atoms with van der Waals surface area (Å²) in [6.07, 6.45) is 0. The van der Waals surface area contributed by atoms with Gasteiger partial charge in [-0.1, -0.05) is 12.1 Å². The molecule has 0 bridgehead atoms. The van der Waals surface area contributed by atoms with Crippen LogP contribution in [-0.4, -0.2) is 46.3 Å². The molecule has 0 unspecified atom stereocenters. The molecule has 0 fully saturated rings. The zero-order valence-corrected chi connectivity index (χ0v) is 17.7. The minimum absolute atomic E-state index is 0.0357. The molecule has 2 N–H and O–H groups in total. The molecule has 10 heteroatoms. The van der Waals surface area contributed by atoms with E-state index in [0.717, 1.165) is 0 Å².